The van der Waals surface area contributed by atoms with Gasteiger partial charge in [-0.1, -0.05) is 6.07 Å². The Balaban J connectivity index is 1.83. The summed E-state index contributed by atoms with van der Waals surface area (Å²) >= 11 is 5.26. The van der Waals surface area contributed by atoms with Gasteiger partial charge in [0.15, 0.2) is 11.5 Å². The molecule has 0 fully saturated rings. The van der Waals surface area contributed by atoms with Gasteiger partial charge in [0.25, 0.3) is 0 Å². The Kier molecular flexibility index (Phi) is 3.67. The molecule has 0 aromatic heterocycles. The molecule has 0 N–H and O–H groups in total. The smallest absolute Gasteiger partial charge is 0.231 e. The molecule has 2 rings (SSSR count). The standard InChI is InChI=1S/C12H13ClO3/c13-12(14)4-2-1-3-9-5-6-10-11(7-9)16-8-15-10/h5-7H,1-4,8H2. The Labute approximate surface area is 99.3 Å². The third-order valence-corrected chi connectivity index (χ3v) is 2.71. The third kappa shape index (κ3) is 2.89. The van der Waals surface area contributed by atoms with E-state index in [4.69, 9.17) is 21.1 Å². The van der Waals surface area contributed by atoms with Crippen LogP contribution in [0.3, 0.4) is 0 Å². The number of fused-ring (bicyclic) bond motifs is 1. The minimum absolute atomic E-state index is 0.259. The first kappa shape index (κ1) is 11.3. The second-order valence-corrected chi connectivity index (χ2v) is 4.17. The molecule has 0 aliphatic carbocycles. The van der Waals surface area contributed by atoms with Crippen molar-refractivity contribution in [3.05, 3.63) is 23.8 Å². The lowest BCUT2D eigenvalue weighted by Crippen LogP contribution is -1.93. The number of halogens is 1. The van der Waals surface area contributed by atoms with E-state index in [1.54, 1.807) is 0 Å². The van der Waals surface area contributed by atoms with Gasteiger partial charge in [0.2, 0.25) is 12.0 Å². The van der Waals surface area contributed by atoms with E-state index >= 15 is 0 Å². The van der Waals surface area contributed by atoms with Crippen LogP contribution in [0.4, 0.5) is 0 Å². The maximum atomic E-state index is 10.5. The van der Waals surface area contributed by atoms with Gasteiger partial charge in [-0.05, 0) is 48.6 Å². The van der Waals surface area contributed by atoms with E-state index in [9.17, 15) is 4.79 Å². The van der Waals surface area contributed by atoms with Crippen LogP contribution in [0, 0.1) is 0 Å². The van der Waals surface area contributed by atoms with Gasteiger partial charge in [-0.25, -0.2) is 0 Å². The molecule has 0 saturated carbocycles. The molecule has 1 heterocycles. The van der Waals surface area contributed by atoms with Crippen LogP contribution in [0.2, 0.25) is 0 Å². The molecular weight excluding hydrogens is 228 g/mol. The number of rotatable bonds is 5. The first-order valence-corrected chi connectivity index (χ1v) is 5.70. The van der Waals surface area contributed by atoms with Gasteiger partial charge in [-0.2, -0.15) is 0 Å². The number of ether oxygens (including phenoxy) is 2. The van der Waals surface area contributed by atoms with Gasteiger partial charge in [-0.15, -0.1) is 0 Å². The lowest BCUT2D eigenvalue weighted by atomic mass is 10.1. The normalized spacial score (nSPS) is 12.8. The predicted octanol–water partition coefficient (Wildman–Crippen LogP) is 2.89. The SMILES string of the molecule is O=C(Cl)CCCCc1ccc2c(c1)OCO2. The summed E-state index contributed by atoms with van der Waals surface area (Å²) in [5, 5.41) is -0.259. The van der Waals surface area contributed by atoms with E-state index in [0.717, 1.165) is 30.8 Å². The largest absolute Gasteiger partial charge is 0.454 e. The highest BCUT2D eigenvalue weighted by Gasteiger charge is 2.12. The number of hydrogen-bond acceptors (Lipinski definition) is 3. The molecule has 0 amide bonds. The minimum Gasteiger partial charge on any atom is -0.454 e. The third-order valence-electron chi connectivity index (χ3n) is 2.53. The first-order chi connectivity index (χ1) is 7.75. The monoisotopic (exact) mass is 240 g/mol. The Morgan fingerprint density at radius 1 is 1.25 bits per heavy atom. The van der Waals surface area contributed by atoms with Crippen LogP contribution in [0.25, 0.3) is 0 Å². The highest BCUT2D eigenvalue weighted by atomic mass is 35.5. The quantitative estimate of drug-likeness (QED) is 0.586. The van der Waals surface area contributed by atoms with E-state index in [-0.39, 0.29) is 5.24 Å². The number of unbranched alkanes of at least 4 members (excludes halogenated alkanes) is 1. The molecule has 1 aromatic rings. The van der Waals surface area contributed by atoms with E-state index in [0.29, 0.717) is 13.2 Å². The maximum absolute atomic E-state index is 10.5. The van der Waals surface area contributed by atoms with Crippen molar-refractivity contribution < 1.29 is 14.3 Å². The fourth-order valence-corrected chi connectivity index (χ4v) is 1.82. The lowest BCUT2D eigenvalue weighted by molar-refractivity contribution is -0.111. The van der Waals surface area contributed by atoms with Gasteiger partial charge >= 0.3 is 0 Å². The highest BCUT2D eigenvalue weighted by molar-refractivity contribution is 6.63. The fraction of sp³-hybridized carbons (Fsp3) is 0.417. The van der Waals surface area contributed by atoms with Gasteiger partial charge in [-0.3, -0.25) is 4.79 Å². The fourth-order valence-electron chi connectivity index (χ4n) is 1.69. The minimum atomic E-state index is -0.259. The second kappa shape index (κ2) is 5.21. The summed E-state index contributed by atoms with van der Waals surface area (Å²) in [6.07, 6.45) is 3.17. The van der Waals surface area contributed by atoms with Crippen LogP contribution in [0.1, 0.15) is 24.8 Å². The molecule has 4 heteroatoms. The molecule has 0 unspecified atom stereocenters. The molecule has 0 bridgehead atoms. The molecule has 0 radical (unpaired) electrons. The molecule has 1 aliphatic heterocycles. The van der Waals surface area contributed by atoms with Crippen molar-refractivity contribution in [2.75, 3.05) is 6.79 Å². The summed E-state index contributed by atoms with van der Waals surface area (Å²) in [5.74, 6) is 1.62. The second-order valence-electron chi connectivity index (χ2n) is 3.75. The molecule has 0 atom stereocenters. The average molecular weight is 241 g/mol. The number of hydrogen-bond donors (Lipinski definition) is 0. The van der Waals surface area contributed by atoms with Crippen molar-refractivity contribution in [2.45, 2.75) is 25.7 Å². The van der Waals surface area contributed by atoms with Crippen LogP contribution in [-0.4, -0.2) is 12.0 Å². The molecule has 1 aromatic carbocycles. The Morgan fingerprint density at radius 2 is 2.06 bits per heavy atom. The van der Waals surface area contributed by atoms with Gasteiger partial charge in [0.1, 0.15) is 0 Å². The number of carbonyl (C=O) groups is 1. The van der Waals surface area contributed by atoms with Gasteiger partial charge in [0, 0.05) is 6.42 Å². The van der Waals surface area contributed by atoms with Crippen molar-refractivity contribution in [1.29, 1.82) is 0 Å². The van der Waals surface area contributed by atoms with E-state index in [2.05, 4.69) is 0 Å². The molecule has 3 nitrogen and oxygen atoms in total. The van der Waals surface area contributed by atoms with Crippen molar-refractivity contribution in [3.63, 3.8) is 0 Å². The summed E-state index contributed by atoms with van der Waals surface area (Å²) in [7, 11) is 0. The Hall–Kier alpha value is -1.22. The van der Waals surface area contributed by atoms with Crippen LogP contribution in [0.15, 0.2) is 18.2 Å². The van der Waals surface area contributed by atoms with Crippen molar-refractivity contribution >= 4 is 16.8 Å². The lowest BCUT2D eigenvalue weighted by Gasteiger charge is -2.02. The van der Waals surface area contributed by atoms with E-state index < -0.39 is 0 Å². The summed E-state index contributed by atoms with van der Waals surface area (Å²) in [4.78, 5) is 10.5. The van der Waals surface area contributed by atoms with Crippen molar-refractivity contribution in [1.82, 2.24) is 0 Å². The van der Waals surface area contributed by atoms with Crippen LogP contribution >= 0.6 is 11.6 Å². The predicted molar refractivity (Wildman–Crippen MR) is 61.0 cm³/mol. The Bertz CT molecular complexity index is 390. The summed E-state index contributed by atoms with van der Waals surface area (Å²) in [6.45, 7) is 0.305. The highest BCUT2D eigenvalue weighted by Crippen LogP contribution is 2.32. The zero-order valence-corrected chi connectivity index (χ0v) is 9.63. The van der Waals surface area contributed by atoms with Gasteiger partial charge < -0.3 is 9.47 Å². The Morgan fingerprint density at radius 3 is 2.88 bits per heavy atom. The molecule has 16 heavy (non-hydrogen) atoms. The van der Waals surface area contributed by atoms with Gasteiger partial charge in [0.05, 0.1) is 0 Å². The number of carbonyl (C=O) groups excluding carboxylic acids is 1. The van der Waals surface area contributed by atoms with Crippen molar-refractivity contribution in [2.24, 2.45) is 0 Å². The summed E-state index contributed by atoms with van der Waals surface area (Å²) in [5.41, 5.74) is 1.20. The summed E-state index contributed by atoms with van der Waals surface area (Å²) in [6, 6.07) is 5.94. The number of benzene rings is 1. The van der Waals surface area contributed by atoms with E-state index in [1.165, 1.54) is 5.56 Å². The summed E-state index contributed by atoms with van der Waals surface area (Å²) < 4.78 is 10.5. The average Bonchev–Trinajstić information content (AvgIpc) is 2.71. The number of aryl methyl sites for hydroxylation is 1. The zero-order chi connectivity index (χ0) is 11.4. The molecule has 0 spiro atoms. The maximum Gasteiger partial charge on any atom is 0.231 e. The molecule has 1 aliphatic rings. The van der Waals surface area contributed by atoms with Crippen LogP contribution in [0.5, 0.6) is 11.5 Å². The zero-order valence-electron chi connectivity index (χ0n) is 8.87. The topological polar surface area (TPSA) is 35.5 Å². The first-order valence-electron chi connectivity index (χ1n) is 5.32. The van der Waals surface area contributed by atoms with E-state index in [1.807, 2.05) is 18.2 Å². The molecule has 0 saturated heterocycles. The van der Waals surface area contributed by atoms with Crippen LogP contribution < -0.4 is 9.47 Å². The molecule has 86 valence electrons. The molecular formula is C12H13ClO3. The van der Waals surface area contributed by atoms with Crippen molar-refractivity contribution in [3.8, 4) is 11.5 Å². The van der Waals surface area contributed by atoms with Crippen LogP contribution in [-0.2, 0) is 11.2 Å².